The van der Waals surface area contributed by atoms with Crippen LogP contribution in [0, 0.1) is 0 Å². The molecule has 0 aliphatic carbocycles. The van der Waals surface area contributed by atoms with Gasteiger partial charge in [-0.25, -0.2) is 4.98 Å². The highest BCUT2D eigenvalue weighted by atomic mass is 15.3. The van der Waals surface area contributed by atoms with Gasteiger partial charge in [-0.05, 0) is 22.8 Å². The highest BCUT2D eigenvalue weighted by Gasteiger charge is 1.96. The Morgan fingerprint density at radius 2 is 1.92 bits per heavy atom. The molecule has 0 radical (unpaired) electrons. The van der Waals surface area contributed by atoms with Gasteiger partial charge in [0.05, 0.1) is 5.52 Å². The number of para-hydroxylation sites is 1. The van der Waals surface area contributed by atoms with Crippen molar-refractivity contribution < 1.29 is 0 Å². The average molecular weight is 172 g/mol. The lowest BCUT2D eigenvalue weighted by atomic mass is 10.3. The number of rotatable bonds is 1. The summed E-state index contributed by atoms with van der Waals surface area (Å²) in [6.07, 6.45) is 0. The van der Waals surface area contributed by atoms with Gasteiger partial charge in [-0.2, -0.15) is 0 Å². The molecule has 0 saturated carbocycles. The molecule has 1 aromatic carbocycles. The van der Waals surface area contributed by atoms with Crippen molar-refractivity contribution in [3.63, 3.8) is 0 Å². The van der Waals surface area contributed by atoms with Crippen molar-refractivity contribution in [2.45, 2.75) is 0 Å². The highest BCUT2D eigenvalue weighted by molar-refractivity contribution is 5.73. The van der Waals surface area contributed by atoms with Gasteiger partial charge in [-0.3, -0.25) is 0 Å². The van der Waals surface area contributed by atoms with Crippen LogP contribution in [0.3, 0.4) is 0 Å². The lowest BCUT2D eigenvalue weighted by Crippen LogP contribution is -1.87. The molecule has 6 nitrogen and oxygen atoms in total. The smallest absolute Gasteiger partial charge is 0.224 e. The summed E-state index contributed by atoms with van der Waals surface area (Å²) in [6, 6.07) is 7.23. The van der Waals surface area contributed by atoms with Gasteiger partial charge in [-0.15, -0.1) is 10.2 Å². The first-order valence-corrected chi connectivity index (χ1v) is 3.55. The van der Waals surface area contributed by atoms with E-state index in [4.69, 9.17) is 5.53 Å². The van der Waals surface area contributed by atoms with Crippen molar-refractivity contribution in [3.8, 4) is 0 Å². The molecule has 0 saturated heterocycles. The van der Waals surface area contributed by atoms with Crippen LogP contribution in [-0.4, -0.2) is 15.2 Å². The monoisotopic (exact) mass is 172 g/mol. The quantitative estimate of drug-likeness (QED) is 0.374. The van der Waals surface area contributed by atoms with E-state index in [1.807, 2.05) is 12.1 Å². The molecule has 2 aromatic rings. The fraction of sp³-hybridized carbons (Fsp3) is 0. The Hall–Kier alpha value is -2.20. The zero-order chi connectivity index (χ0) is 9.10. The van der Waals surface area contributed by atoms with Crippen LogP contribution < -0.4 is 0 Å². The van der Waals surface area contributed by atoms with Crippen molar-refractivity contribution in [3.05, 3.63) is 34.7 Å². The molecule has 0 spiro atoms. The number of azide groups is 1. The summed E-state index contributed by atoms with van der Waals surface area (Å²) in [7, 11) is 0. The summed E-state index contributed by atoms with van der Waals surface area (Å²) in [5, 5.41) is 10.7. The minimum atomic E-state index is 0.0428. The van der Waals surface area contributed by atoms with Crippen molar-refractivity contribution in [1.29, 1.82) is 0 Å². The van der Waals surface area contributed by atoms with Gasteiger partial charge in [0.15, 0.2) is 0 Å². The molecule has 0 N–H and O–H groups in total. The van der Waals surface area contributed by atoms with E-state index in [1.54, 1.807) is 12.1 Å². The molecule has 0 bridgehead atoms. The SMILES string of the molecule is [N-]=[N+]=Nc1nnc2ccccc2n1. The molecule has 0 amide bonds. The minimum Gasteiger partial charge on any atom is -0.224 e. The summed E-state index contributed by atoms with van der Waals surface area (Å²) in [5.74, 6) is 0.0428. The number of nitrogens with zero attached hydrogens (tertiary/aromatic N) is 6. The summed E-state index contributed by atoms with van der Waals surface area (Å²) < 4.78 is 0. The average Bonchev–Trinajstić information content (AvgIpc) is 2.18. The lowest BCUT2D eigenvalue weighted by Gasteiger charge is -1.93. The number of hydrogen-bond donors (Lipinski definition) is 0. The minimum absolute atomic E-state index is 0.0428. The topological polar surface area (TPSA) is 87.4 Å². The predicted octanol–water partition coefficient (Wildman–Crippen LogP) is 1.97. The second kappa shape index (κ2) is 3.04. The molecule has 0 unspecified atom stereocenters. The standard InChI is InChI=1S/C7H4N6/c8-13-12-7-9-5-3-1-2-4-6(5)10-11-7/h1-4H. The van der Waals surface area contributed by atoms with Crippen LogP contribution in [0.4, 0.5) is 5.95 Å². The Morgan fingerprint density at radius 3 is 2.69 bits per heavy atom. The maximum atomic E-state index is 8.14. The summed E-state index contributed by atoms with van der Waals surface area (Å²) >= 11 is 0. The number of fused-ring (bicyclic) bond motifs is 1. The second-order valence-electron chi connectivity index (χ2n) is 2.29. The fourth-order valence-corrected chi connectivity index (χ4v) is 0.954. The summed E-state index contributed by atoms with van der Waals surface area (Å²) in [4.78, 5) is 6.54. The van der Waals surface area contributed by atoms with Gasteiger partial charge in [-0.1, -0.05) is 12.1 Å². The first-order chi connectivity index (χ1) is 6.40. The Labute approximate surface area is 72.9 Å². The van der Waals surface area contributed by atoms with E-state index >= 15 is 0 Å². The van der Waals surface area contributed by atoms with Gasteiger partial charge >= 0.3 is 0 Å². The van der Waals surface area contributed by atoms with Gasteiger partial charge in [0, 0.05) is 4.91 Å². The molecule has 2 rings (SSSR count). The molecule has 1 aromatic heterocycles. The normalized spacial score (nSPS) is 9.54. The third-order valence-corrected chi connectivity index (χ3v) is 1.48. The van der Waals surface area contributed by atoms with Gasteiger partial charge in [0.25, 0.3) is 0 Å². The Kier molecular flexibility index (Phi) is 1.74. The van der Waals surface area contributed by atoms with Crippen molar-refractivity contribution in [1.82, 2.24) is 15.2 Å². The molecule has 13 heavy (non-hydrogen) atoms. The number of hydrogen-bond acceptors (Lipinski definition) is 4. The maximum Gasteiger partial charge on any atom is 0.239 e. The molecule has 1 heterocycles. The van der Waals surface area contributed by atoms with Crippen molar-refractivity contribution in [2.75, 3.05) is 0 Å². The van der Waals surface area contributed by atoms with E-state index < -0.39 is 0 Å². The second-order valence-corrected chi connectivity index (χ2v) is 2.29. The van der Waals surface area contributed by atoms with Crippen molar-refractivity contribution in [2.24, 2.45) is 5.11 Å². The van der Waals surface area contributed by atoms with Crippen LogP contribution >= 0.6 is 0 Å². The Bertz CT molecular complexity index is 487. The van der Waals surface area contributed by atoms with Crippen LogP contribution in [0.2, 0.25) is 0 Å². The summed E-state index contributed by atoms with van der Waals surface area (Å²) in [6.45, 7) is 0. The first-order valence-electron chi connectivity index (χ1n) is 3.55. The van der Waals surface area contributed by atoms with E-state index in [1.165, 1.54) is 0 Å². The van der Waals surface area contributed by atoms with Gasteiger partial charge in [0.1, 0.15) is 5.52 Å². The zero-order valence-electron chi connectivity index (χ0n) is 6.49. The molecular weight excluding hydrogens is 168 g/mol. The number of benzene rings is 1. The molecular formula is C7H4N6. The molecule has 0 fully saturated rings. The zero-order valence-corrected chi connectivity index (χ0v) is 6.49. The first kappa shape index (κ1) is 7.45. The van der Waals surface area contributed by atoms with E-state index in [-0.39, 0.29) is 5.95 Å². The molecule has 0 atom stereocenters. The third-order valence-electron chi connectivity index (χ3n) is 1.48. The van der Waals surface area contributed by atoms with Crippen molar-refractivity contribution >= 4 is 17.0 Å². The predicted molar refractivity (Wildman–Crippen MR) is 46.1 cm³/mol. The Balaban J connectivity index is 2.68. The number of aromatic nitrogens is 3. The van der Waals surface area contributed by atoms with E-state index in [0.29, 0.717) is 11.0 Å². The maximum absolute atomic E-state index is 8.14. The van der Waals surface area contributed by atoms with Crippen LogP contribution in [0.5, 0.6) is 0 Å². The summed E-state index contributed by atoms with van der Waals surface area (Å²) in [5.41, 5.74) is 9.49. The van der Waals surface area contributed by atoms with E-state index in [2.05, 4.69) is 25.2 Å². The fourth-order valence-electron chi connectivity index (χ4n) is 0.954. The van der Waals surface area contributed by atoms with Crippen LogP contribution in [0.15, 0.2) is 29.4 Å². The third kappa shape index (κ3) is 1.38. The molecule has 0 aliphatic rings. The lowest BCUT2D eigenvalue weighted by molar-refractivity contribution is 1.01. The van der Waals surface area contributed by atoms with Gasteiger partial charge in [0.2, 0.25) is 5.95 Å². The largest absolute Gasteiger partial charge is 0.239 e. The van der Waals surface area contributed by atoms with Crippen LogP contribution in [0.25, 0.3) is 21.5 Å². The van der Waals surface area contributed by atoms with Crippen LogP contribution in [0.1, 0.15) is 0 Å². The molecule has 6 heteroatoms. The van der Waals surface area contributed by atoms with E-state index in [9.17, 15) is 0 Å². The Morgan fingerprint density at radius 1 is 1.15 bits per heavy atom. The van der Waals surface area contributed by atoms with Crippen LogP contribution in [-0.2, 0) is 0 Å². The van der Waals surface area contributed by atoms with E-state index in [0.717, 1.165) is 0 Å². The molecule has 62 valence electrons. The highest BCUT2D eigenvalue weighted by Crippen LogP contribution is 2.10. The molecule has 0 aliphatic heterocycles. The van der Waals surface area contributed by atoms with Gasteiger partial charge < -0.3 is 0 Å².